The molecule has 0 aromatic heterocycles. The Bertz CT molecular complexity index is 399. The van der Waals surface area contributed by atoms with Gasteiger partial charge in [-0.2, -0.15) is 0 Å². The molecule has 2 heterocycles. The van der Waals surface area contributed by atoms with E-state index >= 15 is 0 Å². The van der Waals surface area contributed by atoms with E-state index in [2.05, 4.69) is 49.8 Å². The van der Waals surface area contributed by atoms with Crippen molar-refractivity contribution in [3.05, 3.63) is 0 Å². The van der Waals surface area contributed by atoms with Crippen molar-refractivity contribution in [1.82, 2.24) is 4.90 Å². The van der Waals surface area contributed by atoms with Gasteiger partial charge in [0.05, 0.1) is 6.10 Å². The number of carbonyl (C=O) groups excluding carboxylic acids is 1. The Balaban J connectivity index is 2.07. The van der Waals surface area contributed by atoms with Crippen LogP contribution in [0, 0.1) is 0 Å². The Morgan fingerprint density at radius 1 is 1.35 bits per heavy atom. The molecule has 6 heteroatoms. The number of nitrogens with zero attached hydrogens (tertiary/aromatic N) is 1. The van der Waals surface area contributed by atoms with E-state index in [4.69, 9.17) is 16.0 Å². The highest BCUT2D eigenvalue weighted by Gasteiger charge is 2.48. The molecule has 0 unspecified atom stereocenters. The molecule has 0 bridgehead atoms. The summed E-state index contributed by atoms with van der Waals surface area (Å²) in [4.78, 5) is 14.4. The highest BCUT2D eigenvalue weighted by Crippen LogP contribution is 2.41. The van der Waals surface area contributed by atoms with Crippen molar-refractivity contribution in [1.29, 1.82) is 0 Å². The van der Waals surface area contributed by atoms with Crippen LogP contribution in [0.25, 0.3) is 0 Å². The van der Waals surface area contributed by atoms with Crippen LogP contribution in [-0.4, -0.2) is 48.0 Å². The third-order valence-corrected chi connectivity index (χ3v) is 10.9. The SMILES string of the molecule is CC(C)(C)[Si](C)(C)O[C@@H]1C[C@@H]2[C@@H](Br)C[C@@H](Cl)C(=O)N2C1. The molecule has 2 rings (SSSR count). The number of alkyl halides is 2. The fraction of sp³-hybridized carbons (Fsp3) is 0.929. The van der Waals surface area contributed by atoms with Crippen molar-refractivity contribution in [2.75, 3.05) is 6.54 Å². The quantitative estimate of drug-likeness (QED) is 0.537. The summed E-state index contributed by atoms with van der Waals surface area (Å²) in [6.07, 6.45) is 1.80. The molecule has 0 spiro atoms. The molecule has 116 valence electrons. The van der Waals surface area contributed by atoms with Crippen LogP contribution in [0.15, 0.2) is 0 Å². The van der Waals surface area contributed by atoms with E-state index in [9.17, 15) is 4.79 Å². The summed E-state index contributed by atoms with van der Waals surface area (Å²) in [5, 5.41) is -0.189. The van der Waals surface area contributed by atoms with E-state index in [0.29, 0.717) is 13.0 Å². The predicted octanol–water partition coefficient (Wildman–Crippen LogP) is 3.75. The van der Waals surface area contributed by atoms with Gasteiger partial charge in [0.25, 0.3) is 0 Å². The Morgan fingerprint density at radius 3 is 2.50 bits per heavy atom. The Hall–Kier alpha value is 0.417. The van der Waals surface area contributed by atoms with Gasteiger partial charge in [0.15, 0.2) is 8.32 Å². The predicted molar refractivity (Wildman–Crippen MR) is 89.2 cm³/mol. The van der Waals surface area contributed by atoms with Crippen molar-refractivity contribution in [3.63, 3.8) is 0 Å². The van der Waals surface area contributed by atoms with Gasteiger partial charge in [-0.25, -0.2) is 0 Å². The Morgan fingerprint density at radius 2 is 1.95 bits per heavy atom. The summed E-state index contributed by atoms with van der Waals surface area (Å²) in [5.74, 6) is 0.0775. The summed E-state index contributed by atoms with van der Waals surface area (Å²) in [7, 11) is -1.78. The molecule has 0 aliphatic carbocycles. The van der Waals surface area contributed by atoms with E-state index in [0.717, 1.165) is 6.42 Å². The monoisotopic (exact) mass is 381 g/mol. The van der Waals surface area contributed by atoms with Crippen LogP contribution in [0.3, 0.4) is 0 Å². The second-order valence-electron chi connectivity index (χ2n) is 7.51. The first kappa shape index (κ1) is 16.8. The van der Waals surface area contributed by atoms with Gasteiger partial charge in [0, 0.05) is 17.4 Å². The number of hydrogen-bond acceptors (Lipinski definition) is 2. The highest BCUT2D eigenvalue weighted by molar-refractivity contribution is 9.09. The van der Waals surface area contributed by atoms with Crippen LogP contribution in [0.2, 0.25) is 18.1 Å². The van der Waals surface area contributed by atoms with Gasteiger partial charge in [-0.05, 0) is 31.0 Å². The summed E-state index contributed by atoms with van der Waals surface area (Å²) in [6, 6.07) is 0.243. The van der Waals surface area contributed by atoms with Gasteiger partial charge < -0.3 is 9.33 Å². The Kier molecular flexibility index (Phi) is 4.67. The summed E-state index contributed by atoms with van der Waals surface area (Å²) >= 11 is 9.82. The summed E-state index contributed by atoms with van der Waals surface area (Å²) in [6.45, 7) is 12.0. The van der Waals surface area contributed by atoms with Gasteiger partial charge in [0.1, 0.15) is 5.38 Å². The molecule has 0 saturated carbocycles. The molecule has 0 radical (unpaired) electrons. The molecule has 2 saturated heterocycles. The van der Waals surface area contributed by atoms with Gasteiger partial charge in [-0.15, -0.1) is 11.6 Å². The van der Waals surface area contributed by atoms with E-state index in [-0.39, 0.29) is 33.3 Å². The van der Waals surface area contributed by atoms with E-state index < -0.39 is 8.32 Å². The first-order valence-electron chi connectivity index (χ1n) is 7.29. The lowest BCUT2D eigenvalue weighted by Gasteiger charge is -2.38. The van der Waals surface area contributed by atoms with Crippen LogP contribution < -0.4 is 0 Å². The first-order valence-corrected chi connectivity index (χ1v) is 11.6. The van der Waals surface area contributed by atoms with Crippen LogP contribution >= 0.6 is 27.5 Å². The average molecular weight is 383 g/mol. The van der Waals surface area contributed by atoms with Crippen molar-refractivity contribution >= 4 is 41.8 Å². The van der Waals surface area contributed by atoms with E-state index in [1.54, 1.807) is 0 Å². The maximum atomic E-state index is 12.2. The molecule has 0 N–H and O–H groups in total. The maximum Gasteiger partial charge on any atom is 0.241 e. The fourth-order valence-corrected chi connectivity index (χ4v) is 5.50. The van der Waals surface area contributed by atoms with Crippen LogP contribution in [0.1, 0.15) is 33.6 Å². The zero-order valence-corrected chi connectivity index (χ0v) is 16.3. The third kappa shape index (κ3) is 3.11. The first-order chi connectivity index (χ1) is 9.03. The number of hydrogen-bond donors (Lipinski definition) is 0. The smallest absolute Gasteiger partial charge is 0.241 e. The minimum atomic E-state index is -1.78. The number of carbonyl (C=O) groups is 1. The largest absolute Gasteiger partial charge is 0.412 e. The topological polar surface area (TPSA) is 29.5 Å². The second kappa shape index (κ2) is 5.56. The lowest BCUT2D eigenvalue weighted by molar-refractivity contribution is -0.133. The molecular formula is C14H25BrClNO2Si. The molecule has 0 aromatic carbocycles. The molecular weight excluding hydrogens is 358 g/mol. The van der Waals surface area contributed by atoms with Crippen molar-refractivity contribution in [3.8, 4) is 0 Å². The maximum absolute atomic E-state index is 12.2. The molecule has 2 aliphatic heterocycles. The number of amides is 1. The number of halogens is 2. The van der Waals surface area contributed by atoms with E-state index in [1.807, 2.05) is 4.90 Å². The van der Waals surface area contributed by atoms with Gasteiger partial charge in [-0.3, -0.25) is 4.79 Å². The standard InChI is InChI=1S/C14H25BrClNO2Si/c1-14(2,3)20(4,5)19-9-6-12-10(15)7-11(16)13(18)17(12)8-9/h9-12H,6-8H2,1-5H3/t9-,10+,11-,12-/m1/s1. The lowest BCUT2D eigenvalue weighted by Crippen LogP contribution is -2.50. The van der Waals surface area contributed by atoms with Gasteiger partial charge >= 0.3 is 0 Å². The molecule has 2 fully saturated rings. The van der Waals surface area contributed by atoms with Gasteiger partial charge in [0.2, 0.25) is 5.91 Å². The van der Waals surface area contributed by atoms with Gasteiger partial charge in [-0.1, -0.05) is 36.7 Å². The average Bonchev–Trinajstić information content (AvgIpc) is 2.68. The zero-order valence-electron chi connectivity index (χ0n) is 13.0. The van der Waals surface area contributed by atoms with Crippen molar-refractivity contribution < 1.29 is 9.22 Å². The molecule has 3 nitrogen and oxygen atoms in total. The zero-order chi connectivity index (χ0) is 15.3. The number of rotatable bonds is 2. The van der Waals surface area contributed by atoms with Crippen molar-refractivity contribution in [2.45, 2.75) is 74.1 Å². The molecule has 0 aromatic rings. The fourth-order valence-electron chi connectivity index (χ4n) is 2.74. The minimum Gasteiger partial charge on any atom is -0.412 e. The number of fused-ring (bicyclic) bond motifs is 1. The van der Waals surface area contributed by atoms with E-state index in [1.165, 1.54) is 0 Å². The Labute approximate surface area is 136 Å². The second-order valence-corrected chi connectivity index (χ2v) is 14.0. The number of piperidine rings is 1. The summed E-state index contributed by atoms with van der Waals surface area (Å²) < 4.78 is 6.47. The highest BCUT2D eigenvalue weighted by atomic mass is 79.9. The normalized spacial score (nSPS) is 35.4. The lowest BCUT2D eigenvalue weighted by atomic mass is 10.0. The minimum absolute atomic E-state index is 0.0775. The van der Waals surface area contributed by atoms with Crippen LogP contribution in [-0.2, 0) is 9.22 Å². The van der Waals surface area contributed by atoms with Crippen LogP contribution in [0.5, 0.6) is 0 Å². The van der Waals surface area contributed by atoms with Crippen LogP contribution in [0.4, 0.5) is 0 Å². The molecule has 2 aliphatic rings. The molecule has 1 amide bonds. The summed E-state index contributed by atoms with van der Waals surface area (Å²) in [5.41, 5.74) is 0. The molecule has 4 atom stereocenters. The third-order valence-electron chi connectivity index (χ3n) is 4.97. The molecule has 20 heavy (non-hydrogen) atoms. The van der Waals surface area contributed by atoms with Crippen molar-refractivity contribution in [2.24, 2.45) is 0 Å².